The molecule has 0 atom stereocenters. The number of carbonyl (C=O) groups is 7. The molecule has 1 aliphatic rings. The van der Waals surface area contributed by atoms with Gasteiger partial charge in [0, 0.05) is 100 Å². The fraction of sp³-hybridized carbons (Fsp3) is 0.667. The maximum atomic E-state index is 10.3. The van der Waals surface area contributed by atoms with Crippen molar-refractivity contribution in [2.24, 2.45) is 21.9 Å². The average molecular weight is 1370 g/mol. The van der Waals surface area contributed by atoms with Crippen molar-refractivity contribution in [3.63, 3.8) is 0 Å². The Morgan fingerprint density at radius 3 is 0.872 bits per heavy atom. The number of aliphatic hydroxyl groups excluding tert-OH is 1. The number of aliphatic hydroxyl groups is 1. The maximum absolute atomic E-state index is 10.3. The standard InChI is InChI=1S/C9H18O.C6H10O2.2C6H12.C5H11N.C5H8O2.C4H9NO.C4H7NO.C4H6O2.C4H6.C3H9N.C3H6O2.C3H6O.C3H8.C2H3NO.C2H6O.CH5N.CH4O.CH4S/c1-7(2)8(3,4)10-9(7,5)6;1-3-5-8-6(7)4-2;3*1-5(2)6(3)4;1-3-4-5(6)7-2;1-4(6)5(2)3;1-2-3-4(5)6;1-3-4(5)6-2;1-3-4-2;1-4(2)3;1-3(4)5-2;1-3(2)4;1-3-2;1-3-2-4;1-3-2;3*1-2/h1-6H3;3,5H,4H2,1-2H3;2*1-4H3;1H2,2-4H3;3-4H,1-2H3;1-3H3;2-3H,1H3,(H2,5,6);3H,1H2,2H3;1-2H3;1-3H3;1-2H3;1-2H3;3H2,1-2H3;1H3;1-2H3;2H2,1H3;2*2H,1H3. The molecule has 0 radical (unpaired) electrons. The second-order valence-electron chi connectivity index (χ2n) is 20.6. The van der Waals surface area contributed by atoms with Crippen LogP contribution in [0, 0.1) is 17.3 Å². The number of carbonyl (C=O) groups excluding carboxylic acids is 8. The summed E-state index contributed by atoms with van der Waals surface area (Å²) in [6.45, 7) is 59.8. The van der Waals surface area contributed by atoms with Crippen LogP contribution in [0.15, 0.2) is 88.9 Å². The van der Waals surface area contributed by atoms with Gasteiger partial charge in [-0.05, 0) is 179 Å². The van der Waals surface area contributed by atoms with Crippen LogP contribution in [0.2, 0.25) is 0 Å². The summed E-state index contributed by atoms with van der Waals surface area (Å²) in [6, 6.07) is 0. The summed E-state index contributed by atoms with van der Waals surface area (Å²) in [5, 5.41) is 7.00. The molecule has 1 heterocycles. The van der Waals surface area contributed by atoms with Crippen molar-refractivity contribution in [2.45, 2.75) is 211 Å². The van der Waals surface area contributed by atoms with Gasteiger partial charge in [-0.25, -0.2) is 19.4 Å². The summed E-state index contributed by atoms with van der Waals surface area (Å²) in [6.07, 6.45) is 14.7. The Kier molecular flexibility index (Phi) is 160. The number of ketones is 1. The number of hydrogen-bond donors (Lipinski definition) is 4. The Morgan fingerprint density at radius 1 is 0.596 bits per heavy atom. The Hall–Kier alpha value is -6.44. The second kappa shape index (κ2) is 111. The molecule has 564 valence electrons. The van der Waals surface area contributed by atoms with Crippen LogP contribution in [0.25, 0.3) is 0 Å². The molecule has 0 spiro atoms. The van der Waals surface area contributed by atoms with E-state index in [4.69, 9.17) is 14.6 Å². The highest BCUT2D eigenvalue weighted by Gasteiger charge is 2.61. The summed E-state index contributed by atoms with van der Waals surface area (Å²) < 4.78 is 27.0. The van der Waals surface area contributed by atoms with Crippen molar-refractivity contribution in [3.8, 4) is 11.8 Å². The van der Waals surface area contributed by atoms with Gasteiger partial charge in [0.05, 0.1) is 38.8 Å². The zero-order chi connectivity index (χ0) is 80.6. The molecule has 0 unspecified atom stereocenters. The van der Waals surface area contributed by atoms with Crippen molar-refractivity contribution in [1.29, 1.82) is 0 Å². The third kappa shape index (κ3) is 198. The van der Waals surface area contributed by atoms with Gasteiger partial charge >= 0.3 is 23.9 Å². The number of primary amides is 1. The molecule has 0 aromatic rings. The second-order valence-corrected chi connectivity index (χ2v) is 20.6. The van der Waals surface area contributed by atoms with E-state index in [2.05, 4.69) is 189 Å². The smallest absolute Gasteiger partial charge is 0.330 e. The number of amides is 2. The molecule has 1 rings (SSSR count). The van der Waals surface area contributed by atoms with Crippen LogP contribution >= 0.6 is 12.6 Å². The number of isocyanates is 1. The number of thiol groups is 1. The fourth-order valence-corrected chi connectivity index (χ4v) is 2.25. The van der Waals surface area contributed by atoms with Gasteiger partial charge in [0.1, 0.15) is 5.78 Å². The van der Waals surface area contributed by atoms with E-state index in [0.29, 0.717) is 11.8 Å². The van der Waals surface area contributed by atoms with Gasteiger partial charge in [-0.15, -0.1) is 11.8 Å². The minimum atomic E-state index is -0.394. The third-order valence-corrected chi connectivity index (χ3v) is 9.37. The van der Waals surface area contributed by atoms with Crippen molar-refractivity contribution >= 4 is 60.2 Å². The van der Waals surface area contributed by atoms with Crippen LogP contribution in [0.5, 0.6) is 0 Å². The Bertz CT molecular complexity index is 1880. The molecule has 1 aliphatic heterocycles. The van der Waals surface area contributed by atoms with Crippen LogP contribution in [-0.2, 0) is 66.8 Å². The summed E-state index contributed by atoms with van der Waals surface area (Å²) in [4.78, 5) is 86.4. The fourth-order valence-electron chi connectivity index (χ4n) is 2.25. The number of nitrogens with two attached hydrogens (primary N) is 2. The highest BCUT2D eigenvalue weighted by Crippen LogP contribution is 2.56. The monoisotopic (exact) mass is 1370 g/mol. The molecule has 5 N–H and O–H groups in total. The van der Waals surface area contributed by atoms with Crippen LogP contribution in [-0.4, -0.2) is 191 Å². The lowest BCUT2D eigenvalue weighted by atomic mass is 9.60. The Labute approximate surface area is 585 Å². The van der Waals surface area contributed by atoms with E-state index in [-0.39, 0.29) is 40.8 Å². The van der Waals surface area contributed by atoms with Crippen LogP contribution in [0.3, 0.4) is 0 Å². The topological polar surface area (TPSA) is 286 Å². The molecule has 0 bridgehead atoms. The highest BCUT2D eigenvalue weighted by atomic mass is 32.1. The van der Waals surface area contributed by atoms with E-state index in [9.17, 15) is 33.6 Å². The van der Waals surface area contributed by atoms with E-state index in [1.165, 1.54) is 121 Å². The molecular weight excluding hydrogens is 1220 g/mol. The Morgan fingerprint density at radius 2 is 0.830 bits per heavy atom. The first-order valence-electron chi connectivity index (χ1n) is 29.7. The van der Waals surface area contributed by atoms with Crippen LogP contribution in [0.1, 0.15) is 200 Å². The summed E-state index contributed by atoms with van der Waals surface area (Å²) in [5.74, 6) is 4.10. The van der Waals surface area contributed by atoms with Gasteiger partial charge in [-0.3, -0.25) is 19.2 Å². The SMILES string of the molecule is C=C(C)N(C)C.C=CC(=O)OC.CC#CC.CC(=O)N(C)C.CC(C)=C(C)C.CC(C)=C(C)C.CC(C)=O.CC1(C)OC(C)(C)C1(C)C.CC=CC(=O)OC.CC=CC(N)=O.CC=COC(=O)CC.CCC.CN.CN(C)C.CN=C=O.CO.COC.COC(C)=O.CS. The van der Waals surface area contributed by atoms with Gasteiger partial charge in [0.15, 0.2) is 0 Å². The number of allylic oxidation sites excluding steroid dienone is 8. The lowest BCUT2D eigenvalue weighted by Gasteiger charge is -2.64. The van der Waals surface area contributed by atoms with Crippen LogP contribution in [0.4, 0.5) is 0 Å². The van der Waals surface area contributed by atoms with Crippen molar-refractivity contribution in [2.75, 3.05) is 112 Å². The minimum Gasteiger partial charge on any atom is -0.469 e. The normalized spacial score (nSPS) is 10.0. The van der Waals surface area contributed by atoms with E-state index in [1.807, 2.05) is 65.8 Å². The van der Waals surface area contributed by atoms with Gasteiger partial charge in [0.2, 0.25) is 17.9 Å². The van der Waals surface area contributed by atoms with E-state index >= 15 is 0 Å². The number of ether oxygens (including phenoxy) is 6. The van der Waals surface area contributed by atoms with E-state index < -0.39 is 11.9 Å². The largest absolute Gasteiger partial charge is 0.469 e. The number of nitrogens with zero attached hydrogens (tertiary/aromatic N) is 4. The van der Waals surface area contributed by atoms with Crippen molar-refractivity contribution < 1.29 is 71.9 Å². The Balaban J connectivity index is -0.0000000411. The molecule has 22 heteroatoms. The number of rotatable bonds is 6. The van der Waals surface area contributed by atoms with Gasteiger partial charge in [-0.1, -0.05) is 94.7 Å². The van der Waals surface area contributed by atoms with E-state index in [0.717, 1.165) is 18.9 Å². The van der Waals surface area contributed by atoms with Gasteiger partial charge in [0.25, 0.3) is 0 Å². The molecule has 21 nitrogen and oxygen atoms in total. The predicted octanol–water partition coefficient (Wildman–Crippen LogP) is 14.4. The number of esters is 4. The summed E-state index contributed by atoms with van der Waals surface area (Å²) in [5.41, 5.74) is 16.4. The van der Waals surface area contributed by atoms with Crippen molar-refractivity contribution in [3.05, 3.63) is 83.9 Å². The molecule has 94 heavy (non-hydrogen) atoms. The number of hydrogen-bond acceptors (Lipinski definition) is 20. The number of Topliss-reactive ketones (excluding diaryl/α,β-unsaturated/α-hetero) is 1. The van der Waals surface area contributed by atoms with Gasteiger partial charge in [-0.2, -0.15) is 12.6 Å². The lowest BCUT2D eigenvalue weighted by Crippen LogP contribution is -2.68. The first kappa shape index (κ1) is 136. The molecule has 0 saturated carbocycles. The summed E-state index contributed by atoms with van der Waals surface area (Å²) in [7, 11) is 24.5. The molecule has 0 aromatic carbocycles. The average Bonchev–Trinajstić information content (AvgIpc) is 0.721. The number of methoxy groups -OCH3 is 4. The maximum Gasteiger partial charge on any atom is 0.330 e. The van der Waals surface area contributed by atoms with Crippen LogP contribution < -0.4 is 11.5 Å². The molecule has 1 fully saturated rings. The van der Waals surface area contributed by atoms with E-state index in [1.54, 1.807) is 80.5 Å². The van der Waals surface area contributed by atoms with Gasteiger partial charge < -0.3 is 64.5 Å². The predicted molar refractivity (Wildman–Crippen MR) is 408 cm³/mol. The lowest BCUT2D eigenvalue weighted by molar-refractivity contribution is -0.339. The zero-order valence-electron chi connectivity index (χ0n) is 68.4. The zero-order valence-corrected chi connectivity index (χ0v) is 69.3. The molecular formula is C72H150N6O15S. The first-order valence-corrected chi connectivity index (χ1v) is 30.6. The molecule has 1 saturated heterocycles. The highest BCUT2D eigenvalue weighted by molar-refractivity contribution is 7.79. The molecule has 0 aliphatic carbocycles. The summed E-state index contributed by atoms with van der Waals surface area (Å²) >= 11 is 3.53. The number of aliphatic imine (C=N–C) groups is 1. The molecule has 0 aromatic heterocycles. The quantitative estimate of drug-likeness (QED) is 0.0221. The minimum absolute atomic E-state index is 0.0521. The van der Waals surface area contributed by atoms with Crippen molar-refractivity contribution in [1.82, 2.24) is 14.7 Å². The third-order valence-electron chi connectivity index (χ3n) is 9.37. The first-order chi connectivity index (χ1) is 42.9. The molecule has 2 amide bonds.